The SMILES string of the molecule is CS(=O)(=O)CC(O)(O)N(Cc1ccc(-c2ccc3ncnc(Nc4ccc(OCc5cccc(F)c5)c(Cl)c4)c3c2)o1)C(=O)OCP(O)OO. The van der Waals surface area contributed by atoms with Crippen LogP contribution in [0.2, 0.25) is 5.02 Å². The van der Waals surface area contributed by atoms with Crippen LogP contribution in [-0.4, -0.2) is 74.0 Å². The van der Waals surface area contributed by atoms with Crippen molar-refractivity contribution in [3.05, 3.63) is 101 Å². The van der Waals surface area contributed by atoms with Crippen LogP contribution in [-0.2, 0) is 32.4 Å². The fourth-order valence-electron chi connectivity index (χ4n) is 4.68. The molecule has 5 aromatic rings. The van der Waals surface area contributed by atoms with Gasteiger partial charge in [0.05, 0.1) is 17.1 Å². The third-order valence-corrected chi connectivity index (χ3v) is 8.62. The minimum absolute atomic E-state index is 0.000275. The highest BCUT2D eigenvalue weighted by Crippen LogP contribution is 2.34. The highest BCUT2D eigenvalue weighted by atomic mass is 35.5. The molecule has 0 aliphatic rings. The number of hydrogen-bond donors (Lipinski definition) is 5. The lowest BCUT2D eigenvalue weighted by Gasteiger charge is -2.33. The Morgan fingerprint density at radius 2 is 1.90 bits per heavy atom. The number of furan rings is 1. The molecule has 1 unspecified atom stereocenters. The van der Waals surface area contributed by atoms with Gasteiger partial charge in [-0.05, 0) is 66.2 Å². The smallest absolute Gasteiger partial charge is 0.414 e. The number of aliphatic hydroxyl groups is 2. The van der Waals surface area contributed by atoms with Gasteiger partial charge in [-0.25, -0.2) is 37.7 Å². The number of carbonyl (C=O) groups is 1. The number of nitrogens with zero attached hydrogens (tertiary/aromatic N) is 3. The number of nitrogens with one attached hydrogen (secondary N) is 1. The van der Waals surface area contributed by atoms with Gasteiger partial charge >= 0.3 is 6.09 Å². The van der Waals surface area contributed by atoms with Gasteiger partial charge in [0.2, 0.25) is 8.38 Å². The number of amides is 1. The van der Waals surface area contributed by atoms with E-state index < -0.39 is 48.9 Å². The Bertz CT molecular complexity index is 2100. The first-order valence-electron chi connectivity index (χ1n) is 14.3. The zero-order valence-electron chi connectivity index (χ0n) is 25.9. The average Bonchev–Trinajstić information content (AvgIpc) is 3.53. The summed E-state index contributed by atoms with van der Waals surface area (Å²) in [4.78, 5) is 31.0. The lowest BCUT2D eigenvalue weighted by molar-refractivity contribution is -0.236. The predicted octanol–water partition coefficient (Wildman–Crippen LogP) is 5.38. The molecule has 0 aliphatic carbocycles. The summed E-state index contributed by atoms with van der Waals surface area (Å²) in [7, 11) is -6.61. The molecule has 5 N–H and O–H groups in total. The second kappa shape index (κ2) is 15.6. The predicted molar refractivity (Wildman–Crippen MR) is 179 cm³/mol. The molecule has 3 aromatic carbocycles. The van der Waals surface area contributed by atoms with Crippen LogP contribution < -0.4 is 10.1 Å². The van der Waals surface area contributed by atoms with Crippen LogP contribution in [0.5, 0.6) is 5.75 Å². The van der Waals surface area contributed by atoms with Crippen molar-refractivity contribution in [1.82, 2.24) is 14.9 Å². The molecule has 1 amide bonds. The number of sulfone groups is 1. The molecule has 0 radical (unpaired) electrons. The molecular formula is C31H29ClFN4O11PS. The number of fused-ring (bicyclic) bond motifs is 1. The molecule has 1 atom stereocenters. The Hall–Kier alpha value is -4.45. The van der Waals surface area contributed by atoms with E-state index in [2.05, 4.69) is 20.0 Å². The van der Waals surface area contributed by atoms with Gasteiger partial charge in [-0.1, -0.05) is 23.7 Å². The largest absolute Gasteiger partial charge is 0.487 e. The van der Waals surface area contributed by atoms with E-state index in [0.29, 0.717) is 44.3 Å². The number of benzene rings is 3. The summed E-state index contributed by atoms with van der Waals surface area (Å²) >= 11 is 6.47. The quantitative estimate of drug-likeness (QED) is 0.0417. The first-order valence-corrected chi connectivity index (χ1v) is 18.2. The molecule has 19 heteroatoms. The molecule has 50 heavy (non-hydrogen) atoms. The summed E-state index contributed by atoms with van der Waals surface area (Å²) in [5.74, 6) is -3.79. The van der Waals surface area contributed by atoms with Crippen LogP contribution in [0.25, 0.3) is 22.2 Å². The van der Waals surface area contributed by atoms with E-state index in [1.54, 1.807) is 54.6 Å². The third-order valence-electron chi connectivity index (χ3n) is 6.87. The first kappa shape index (κ1) is 36.8. The Morgan fingerprint density at radius 3 is 2.62 bits per heavy atom. The minimum atomic E-state index is -4.03. The van der Waals surface area contributed by atoms with E-state index in [4.69, 9.17) is 30.7 Å². The molecular weight excluding hydrogens is 722 g/mol. The number of hydrogen-bond acceptors (Lipinski definition) is 14. The number of ether oxygens (including phenoxy) is 2. The van der Waals surface area contributed by atoms with Gasteiger partial charge in [0.15, 0.2) is 16.2 Å². The Morgan fingerprint density at radius 1 is 1.10 bits per heavy atom. The van der Waals surface area contributed by atoms with Crippen molar-refractivity contribution in [2.75, 3.05) is 23.7 Å². The van der Waals surface area contributed by atoms with Gasteiger partial charge in [-0.2, -0.15) is 4.67 Å². The lowest BCUT2D eigenvalue weighted by atomic mass is 10.1. The maximum Gasteiger partial charge on any atom is 0.414 e. The Labute approximate surface area is 290 Å². The van der Waals surface area contributed by atoms with Crippen molar-refractivity contribution in [2.24, 2.45) is 0 Å². The normalized spacial score (nSPS) is 12.5. The van der Waals surface area contributed by atoms with Crippen molar-refractivity contribution in [2.45, 2.75) is 19.1 Å². The standard InChI is InChI=1S/C31H29ClFN4O11PS/c1-50(43,44)16-31(39,40)37(30(38)46-18-49(42)48-41)14-23-7-10-27(47-23)20-5-8-26-24(12-20)29(35-17-34-26)36-22-6-9-28(25(32)13-22)45-15-19-3-2-4-21(33)11-19/h2-13,17,39-42H,14-16,18H2,1H3,(H,34,35,36). The van der Waals surface area contributed by atoms with Gasteiger partial charge in [-0.15, -0.1) is 0 Å². The molecule has 5 rings (SSSR count). The summed E-state index contributed by atoms with van der Waals surface area (Å²) in [6.45, 7) is -0.552. The van der Waals surface area contributed by atoms with Crippen LogP contribution in [0.4, 0.5) is 20.7 Å². The van der Waals surface area contributed by atoms with Crippen molar-refractivity contribution in [3.8, 4) is 17.1 Å². The third kappa shape index (κ3) is 9.62. The molecule has 2 aromatic heterocycles. The summed E-state index contributed by atoms with van der Waals surface area (Å²) in [5, 5.41) is 33.7. The van der Waals surface area contributed by atoms with Crippen molar-refractivity contribution in [3.63, 3.8) is 0 Å². The average molecular weight is 751 g/mol. The van der Waals surface area contributed by atoms with Gasteiger partial charge in [0, 0.05) is 22.9 Å². The molecule has 0 aliphatic heterocycles. The minimum Gasteiger partial charge on any atom is -0.487 e. The van der Waals surface area contributed by atoms with Gasteiger partial charge in [-0.3, -0.25) is 0 Å². The number of aromatic nitrogens is 2. The Balaban J connectivity index is 1.35. The highest BCUT2D eigenvalue weighted by Gasteiger charge is 2.41. The zero-order chi connectivity index (χ0) is 36.1. The molecule has 2 heterocycles. The monoisotopic (exact) mass is 750 g/mol. The maximum atomic E-state index is 13.5. The fraction of sp³-hybridized carbons (Fsp3) is 0.194. The summed E-state index contributed by atoms with van der Waals surface area (Å²) in [6.07, 6.45) is -0.187. The molecule has 0 bridgehead atoms. The van der Waals surface area contributed by atoms with Crippen molar-refractivity contribution < 1.29 is 56.5 Å². The van der Waals surface area contributed by atoms with E-state index in [-0.39, 0.29) is 28.8 Å². The summed E-state index contributed by atoms with van der Waals surface area (Å²) in [5.41, 5.74) is 2.34. The fourth-order valence-corrected chi connectivity index (χ4v) is 6.05. The summed E-state index contributed by atoms with van der Waals surface area (Å²) in [6, 6.07) is 19.2. The zero-order valence-corrected chi connectivity index (χ0v) is 28.4. The second-order valence-electron chi connectivity index (χ2n) is 10.8. The molecule has 0 fully saturated rings. The van der Waals surface area contributed by atoms with E-state index in [1.807, 2.05) is 0 Å². The van der Waals surface area contributed by atoms with E-state index in [1.165, 1.54) is 24.5 Å². The second-order valence-corrected chi connectivity index (χ2v) is 14.5. The van der Waals surface area contributed by atoms with Crippen LogP contribution in [0.1, 0.15) is 11.3 Å². The molecule has 0 spiro atoms. The number of rotatable bonds is 14. The number of carbonyl (C=O) groups excluding carboxylic acids is 1. The van der Waals surface area contributed by atoms with Crippen molar-refractivity contribution >= 4 is 58.3 Å². The highest BCUT2D eigenvalue weighted by molar-refractivity contribution is 7.90. The van der Waals surface area contributed by atoms with Gasteiger partial charge in [0.25, 0.3) is 5.91 Å². The van der Waals surface area contributed by atoms with Crippen molar-refractivity contribution in [1.29, 1.82) is 0 Å². The van der Waals surface area contributed by atoms with Crippen LogP contribution in [0.3, 0.4) is 0 Å². The molecule has 264 valence electrons. The number of anilines is 2. The molecule has 15 nitrogen and oxygen atoms in total. The number of halogens is 2. The first-order chi connectivity index (χ1) is 23.7. The lowest BCUT2D eigenvalue weighted by Crippen LogP contribution is -2.55. The maximum absolute atomic E-state index is 13.5. The van der Waals surface area contributed by atoms with Gasteiger partial charge < -0.3 is 34.3 Å². The van der Waals surface area contributed by atoms with Crippen LogP contribution in [0, 0.1) is 5.82 Å². The molecule has 0 saturated carbocycles. The molecule has 0 saturated heterocycles. The van der Waals surface area contributed by atoms with Gasteiger partial charge in [0.1, 0.15) is 47.6 Å². The van der Waals surface area contributed by atoms with E-state index in [9.17, 15) is 32.7 Å². The van der Waals surface area contributed by atoms with Crippen LogP contribution in [0.15, 0.2) is 83.5 Å². The summed E-state index contributed by atoms with van der Waals surface area (Å²) < 4.78 is 57.3. The Kier molecular flexibility index (Phi) is 11.5. The topological polar surface area (TPSA) is 214 Å². The van der Waals surface area contributed by atoms with E-state index >= 15 is 0 Å². The van der Waals surface area contributed by atoms with E-state index in [0.717, 1.165) is 6.26 Å². The van der Waals surface area contributed by atoms with Crippen LogP contribution >= 0.6 is 20.0 Å².